The number of amides is 2. The average Bonchev–Trinajstić information content (AvgIpc) is 3.01. The van der Waals surface area contributed by atoms with Gasteiger partial charge in [-0.1, -0.05) is 0 Å². The summed E-state index contributed by atoms with van der Waals surface area (Å²) in [6.07, 6.45) is 1.39. The number of anilines is 1. The Labute approximate surface area is 149 Å². The largest absolute Gasteiger partial charge is 0.378 e. The van der Waals surface area contributed by atoms with E-state index >= 15 is 0 Å². The van der Waals surface area contributed by atoms with Crippen LogP contribution in [0.1, 0.15) is 38.5 Å². The molecule has 1 aromatic heterocycles. The highest BCUT2D eigenvalue weighted by Gasteiger charge is 2.23. The monoisotopic (exact) mass is 366 g/mol. The summed E-state index contributed by atoms with van der Waals surface area (Å²) in [7, 11) is 0. The van der Waals surface area contributed by atoms with E-state index in [1.807, 2.05) is 13.8 Å². The first-order chi connectivity index (χ1) is 12.2. The van der Waals surface area contributed by atoms with Gasteiger partial charge < -0.3 is 20.3 Å². The van der Waals surface area contributed by atoms with Gasteiger partial charge in [0.1, 0.15) is 17.7 Å². The van der Waals surface area contributed by atoms with Gasteiger partial charge in [-0.25, -0.2) is 13.8 Å². The molecule has 9 heteroatoms. The Morgan fingerprint density at radius 2 is 1.73 bits per heavy atom. The summed E-state index contributed by atoms with van der Waals surface area (Å²) in [4.78, 5) is 28.2. The van der Waals surface area contributed by atoms with Crippen LogP contribution in [-0.2, 0) is 9.59 Å². The van der Waals surface area contributed by atoms with Gasteiger partial charge in [-0.3, -0.25) is 9.59 Å². The van der Waals surface area contributed by atoms with Crippen LogP contribution in [0.25, 0.3) is 0 Å². The molecule has 0 aliphatic carbocycles. The number of aromatic nitrogens is 2. The summed E-state index contributed by atoms with van der Waals surface area (Å²) in [6.45, 7) is 5.31. The summed E-state index contributed by atoms with van der Waals surface area (Å²) in [5.74, 6) is -3.02. The first-order valence-corrected chi connectivity index (χ1v) is 7.96. The van der Waals surface area contributed by atoms with Crippen molar-refractivity contribution in [2.45, 2.75) is 39.0 Å². The van der Waals surface area contributed by atoms with Crippen LogP contribution < -0.4 is 10.6 Å². The Morgan fingerprint density at radius 3 is 2.27 bits per heavy atom. The molecule has 0 aliphatic rings. The second-order valence-electron chi connectivity index (χ2n) is 6.12. The molecule has 1 heterocycles. The first-order valence-electron chi connectivity index (χ1n) is 7.96. The lowest BCUT2D eigenvalue weighted by Crippen LogP contribution is -2.43. The fourth-order valence-corrected chi connectivity index (χ4v) is 2.16. The molecule has 0 spiro atoms. The maximum atomic E-state index is 13.2. The van der Waals surface area contributed by atoms with Crippen molar-refractivity contribution in [3.63, 3.8) is 0 Å². The van der Waals surface area contributed by atoms with Crippen molar-refractivity contribution in [1.82, 2.24) is 14.9 Å². The zero-order valence-corrected chi connectivity index (χ0v) is 14.5. The highest BCUT2D eigenvalue weighted by Crippen LogP contribution is 2.17. The summed E-state index contributed by atoms with van der Waals surface area (Å²) < 4.78 is 28.2. The van der Waals surface area contributed by atoms with E-state index in [0.717, 1.165) is 12.1 Å². The molecule has 1 aromatic carbocycles. The van der Waals surface area contributed by atoms with Crippen LogP contribution in [-0.4, -0.2) is 32.5 Å². The molecule has 2 atom stereocenters. The molecule has 0 fully saturated rings. The van der Waals surface area contributed by atoms with E-state index in [1.165, 1.54) is 6.92 Å². The number of hydrogen-bond donors (Lipinski definition) is 3. The smallest absolute Gasteiger partial charge is 0.254 e. The van der Waals surface area contributed by atoms with E-state index in [1.54, 1.807) is 17.1 Å². The number of nitrogens with one attached hydrogen (secondary N) is 2. The molecule has 2 aromatic rings. The molecule has 7 nitrogen and oxygen atoms in total. The van der Waals surface area contributed by atoms with E-state index in [9.17, 15) is 23.5 Å². The van der Waals surface area contributed by atoms with Gasteiger partial charge in [0.25, 0.3) is 5.91 Å². The van der Waals surface area contributed by atoms with Crippen molar-refractivity contribution in [3.05, 3.63) is 47.9 Å². The molecule has 0 saturated heterocycles. The van der Waals surface area contributed by atoms with Gasteiger partial charge in [0.2, 0.25) is 5.91 Å². The third kappa shape index (κ3) is 4.85. The summed E-state index contributed by atoms with van der Waals surface area (Å²) in [6, 6.07) is 1.49. The van der Waals surface area contributed by atoms with Gasteiger partial charge in [0.15, 0.2) is 11.9 Å². The van der Waals surface area contributed by atoms with Crippen molar-refractivity contribution >= 4 is 17.6 Å². The van der Waals surface area contributed by atoms with Crippen LogP contribution in [0.15, 0.2) is 30.7 Å². The van der Waals surface area contributed by atoms with Crippen LogP contribution in [0, 0.1) is 11.6 Å². The first kappa shape index (κ1) is 19.5. The number of rotatable bonds is 6. The normalized spacial score (nSPS) is 13.3. The molecule has 3 N–H and O–H groups in total. The summed E-state index contributed by atoms with van der Waals surface area (Å²) >= 11 is 0. The molecule has 2 amide bonds. The number of carbonyl (C=O) groups excluding carboxylic acids is 2. The van der Waals surface area contributed by atoms with Crippen molar-refractivity contribution < 1.29 is 23.5 Å². The fraction of sp³-hybridized carbons (Fsp3) is 0.353. The molecule has 2 rings (SSSR count). The third-order valence-corrected chi connectivity index (χ3v) is 3.65. The number of halogens is 2. The Hall–Kier alpha value is -2.81. The highest BCUT2D eigenvalue weighted by molar-refractivity contribution is 5.96. The molecule has 0 aliphatic heterocycles. The van der Waals surface area contributed by atoms with Crippen LogP contribution in [0.2, 0.25) is 0 Å². The number of aliphatic hydroxyl groups excluding tert-OH is 1. The quantitative estimate of drug-likeness (QED) is 0.728. The van der Waals surface area contributed by atoms with Crippen LogP contribution in [0.4, 0.5) is 14.6 Å². The van der Waals surface area contributed by atoms with Crippen molar-refractivity contribution in [2.75, 3.05) is 5.32 Å². The molecule has 0 saturated carbocycles. The SMILES string of the molecule is CC(NC(=O)C(O)c1cc(F)cc(F)c1)C(=O)Nc1cn(C(C)C)cn1. The molecule has 0 bridgehead atoms. The zero-order valence-electron chi connectivity index (χ0n) is 14.5. The number of carbonyl (C=O) groups is 2. The van der Waals surface area contributed by atoms with Crippen LogP contribution in [0.3, 0.4) is 0 Å². The Morgan fingerprint density at radius 1 is 1.12 bits per heavy atom. The van der Waals surface area contributed by atoms with Crippen molar-refractivity contribution in [2.24, 2.45) is 0 Å². The van der Waals surface area contributed by atoms with Gasteiger partial charge in [0, 0.05) is 18.3 Å². The average molecular weight is 366 g/mol. The molecular formula is C17H20F2N4O3. The second-order valence-corrected chi connectivity index (χ2v) is 6.12. The molecular weight excluding hydrogens is 346 g/mol. The van der Waals surface area contributed by atoms with E-state index in [-0.39, 0.29) is 11.6 Å². The number of imidazole rings is 1. The molecule has 0 radical (unpaired) electrons. The van der Waals surface area contributed by atoms with Crippen molar-refractivity contribution in [3.8, 4) is 0 Å². The van der Waals surface area contributed by atoms with E-state index in [0.29, 0.717) is 11.9 Å². The Kier molecular flexibility index (Phi) is 6.04. The molecule has 2 unspecified atom stereocenters. The minimum atomic E-state index is -1.81. The van der Waals surface area contributed by atoms with Gasteiger partial charge in [0.05, 0.1) is 6.33 Å². The maximum absolute atomic E-state index is 13.2. The summed E-state index contributed by atoms with van der Waals surface area (Å²) in [5, 5.41) is 14.7. The lowest BCUT2D eigenvalue weighted by molar-refractivity contribution is -0.132. The zero-order chi connectivity index (χ0) is 19.4. The summed E-state index contributed by atoms with van der Waals surface area (Å²) in [5.41, 5.74) is -0.247. The highest BCUT2D eigenvalue weighted by atomic mass is 19.1. The maximum Gasteiger partial charge on any atom is 0.254 e. The topological polar surface area (TPSA) is 96.3 Å². The number of benzene rings is 1. The molecule has 140 valence electrons. The lowest BCUT2D eigenvalue weighted by atomic mass is 10.1. The van der Waals surface area contributed by atoms with Crippen molar-refractivity contribution in [1.29, 1.82) is 0 Å². The fourth-order valence-electron chi connectivity index (χ4n) is 2.16. The lowest BCUT2D eigenvalue weighted by Gasteiger charge is -2.16. The van der Waals surface area contributed by atoms with E-state index in [4.69, 9.17) is 0 Å². The molecule has 26 heavy (non-hydrogen) atoms. The van der Waals surface area contributed by atoms with Crippen LogP contribution >= 0.6 is 0 Å². The minimum absolute atomic E-state index is 0.173. The Balaban J connectivity index is 1.97. The number of aliphatic hydroxyl groups is 1. The standard InChI is InChI=1S/C17H20F2N4O3/c1-9(2)23-7-14(20-8-23)22-16(25)10(3)21-17(26)15(24)11-4-12(18)6-13(19)5-11/h4-10,15,24H,1-3H3,(H,21,26)(H,22,25). The predicted octanol–water partition coefficient (Wildman–Crippen LogP) is 1.92. The van der Waals surface area contributed by atoms with Gasteiger partial charge in [-0.05, 0) is 38.5 Å². The predicted molar refractivity (Wildman–Crippen MR) is 90.2 cm³/mol. The second kappa shape index (κ2) is 8.05. The van der Waals surface area contributed by atoms with Crippen LogP contribution in [0.5, 0.6) is 0 Å². The van der Waals surface area contributed by atoms with E-state index in [2.05, 4.69) is 15.6 Å². The van der Waals surface area contributed by atoms with Gasteiger partial charge in [-0.15, -0.1) is 0 Å². The number of nitrogens with zero attached hydrogens (tertiary/aromatic N) is 2. The number of hydrogen-bond acceptors (Lipinski definition) is 4. The Bertz CT molecular complexity index is 787. The van der Waals surface area contributed by atoms with E-state index < -0.39 is 35.6 Å². The van der Waals surface area contributed by atoms with Gasteiger partial charge >= 0.3 is 0 Å². The minimum Gasteiger partial charge on any atom is -0.378 e. The van der Waals surface area contributed by atoms with Gasteiger partial charge in [-0.2, -0.15) is 0 Å². The third-order valence-electron chi connectivity index (χ3n) is 3.65.